The van der Waals surface area contributed by atoms with Gasteiger partial charge in [-0.3, -0.25) is 4.79 Å². The van der Waals surface area contributed by atoms with E-state index in [4.69, 9.17) is 19.3 Å². The second kappa shape index (κ2) is 7.99. The van der Waals surface area contributed by atoms with Gasteiger partial charge in [-0.2, -0.15) is 13.9 Å². The molecule has 0 spiro atoms. The second-order valence-electron chi connectivity index (χ2n) is 9.11. The van der Waals surface area contributed by atoms with Gasteiger partial charge in [-0.25, -0.2) is 9.50 Å². The third kappa shape index (κ3) is 3.32. The molecule has 1 saturated heterocycles. The molecule has 7 rings (SSSR count). The van der Waals surface area contributed by atoms with Crippen LogP contribution in [0.4, 0.5) is 8.78 Å². The van der Waals surface area contributed by atoms with E-state index in [1.54, 1.807) is 22.8 Å². The minimum Gasteiger partial charge on any atom is -0.469 e. The lowest BCUT2D eigenvalue weighted by Crippen LogP contribution is -2.38. The van der Waals surface area contributed by atoms with E-state index in [-0.39, 0.29) is 29.7 Å². The molecule has 1 aliphatic carbocycles. The molecule has 4 aromatic rings. The Morgan fingerprint density at radius 2 is 1.97 bits per heavy atom. The first-order valence-electron chi connectivity index (χ1n) is 11.7. The Morgan fingerprint density at radius 1 is 1.11 bits per heavy atom. The zero-order chi connectivity index (χ0) is 24.4. The maximum atomic E-state index is 13.2. The number of carbonyl (C=O) groups excluding carboxylic acids is 1. The Morgan fingerprint density at radius 3 is 2.78 bits per heavy atom. The number of halogens is 2. The summed E-state index contributed by atoms with van der Waals surface area (Å²) in [4.78, 5) is 17.2. The van der Waals surface area contributed by atoms with Crippen molar-refractivity contribution in [2.45, 2.75) is 31.1 Å². The number of alkyl halides is 2. The van der Waals surface area contributed by atoms with Gasteiger partial charge in [0.05, 0.1) is 30.5 Å². The number of ether oxygens (including phenoxy) is 3. The molecule has 0 radical (unpaired) electrons. The Labute approximate surface area is 203 Å². The molecule has 2 atom stereocenters. The molecule has 10 heteroatoms. The van der Waals surface area contributed by atoms with Gasteiger partial charge in [0, 0.05) is 41.1 Å². The number of rotatable bonds is 5. The molecular formula is C26H20F2N4O4. The predicted octanol–water partition coefficient (Wildman–Crippen LogP) is 4.10. The fourth-order valence-corrected chi connectivity index (χ4v) is 5.37. The normalized spacial score (nSPS) is 20.5. The van der Waals surface area contributed by atoms with Crippen LogP contribution in [0.1, 0.15) is 45.6 Å². The van der Waals surface area contributed by atoms with Gasteiger partial charge in [-0.1, -0.05) is 6.07 Å². The fraction of sp³-hybridized carbons (Fsp3) is 0.269. The highest BCUT2D eigenvalue weighted by Gasteiger charge is 2.43. The smallest absolute Gasteiger partial charge is 0.387 e. The number of pyridine rings is 2. The van der Waals surface area contributed by atoms with Crippen molar-refractivity contribution in [2.24, 2.45) is 0 Å². The number of hydrogen-bond acceptors (Lipinski definition) is 6. The Balaban J connectivity index is 1.35. The summed E-state index contributed by atoms with van der Waals surface area (Å²) >= 11 is 0. The van der Waals surface area contributed by atoms with Gasteiger partial charge in [0.15, 0.2) is 0 Å². The van der Waals surface area contributed by atoms with Crippen molar-refractivity contribution in [1.29, 1.82) is 0 Å². The van der Waals surface area contributed by atoms with Gasteiger partial charge in [0.25, 0.3) is 5.91 Å². The first-order chi connectivity index (χ1) is 17.5. The van der Waals surface area contributed by atoms with Crippen LogP contribution in [0.3, 0.4) is 0 Å². The van der Waals surface area contributed by atoms with Crippen molar-refractivity contribution in [2.75, 3.05) is 13.2 Å². The van der Waals surface area contributed by atoms with E-state index in [0.29, 0.717) is 36.6 Å². The van der Waals surface area contributed by atoms with Gasteiger partial charge < -0.3 is 19.5 Å². The van der Waals surface area contributed by atoms with Crippen LogP contribution in [0.5, 0.6) is 11.6 Å². The Bertz CT molecular complexity index is 1520. The highest BCUT2D eigenvalue weighted by molar-refractivity contribution is 5.98. The maximum absolute atomic E-state index is 13.2. The van der Waals surface area contributed by atoms with Crippen molar-refractivity contribution in [3.63, 3.8) is 0 Å². The third-order valence-electron chi connectivity index (χ3n) is 7.00. The SMILES string of the molecule is O=C1N[C@@H]2C[C@H](c3c(OC(F)F)cccc31)c1c2nn2ccc(-c3ccnc(OC4COC4)c3)cc12. The number of fused-ring (bicyclic) bond motifs is 9. The summed E-state index contributed by atoms with van der Waals surface area (Å²) in [6, 6.07) is 12.1. The number of amides is 1. The minimum absolute atomic E-state index is 0.0106. The maximum Gasteiger partial charge on any atom is 0.387 e. The summed E-state index contributed by atoms with van der Waals surface area (Å²) in [5.41, 5.74) is 5.17. The Kier molecular flexibility index (Phi) is 4.72. The lowest BCUT2D eigenvalue weighted by atomic mass is 9.88. The van der Waals surface area contributed by atoms with Crippen molar-refractivity contribution in [3.05, 3.63) is 77.2 Å². The van der Waals surface area contributed by atoms with Crippen molar-refractivity contribution >= 4 is 11.4 Å². The fourth-order valence-electron chi connectivity index (χ4n) is 5.37. The quantitative estimate of drug-likeness (QED) is 0.454. The van der Waals surface area contributed by atoms with Crippen molar-refractivity contribution in [3.8, 4) is 22.8 Å². The third-order valence-corrected chi connectivity index (χ3v) is 7.00. The summed E-state index contributed by atoms with van der Waals surface area (Å²) < 4.78 is 44.1. The monoisotopic (exact) mass is 490 g/mol. The highest BCUT2D eigenvalue weighted by atomic mass is 19.3. The zero-order valence-corrected chi connectivity index (χ0v) is 18.9. The first kappa shape index (κ1) is 21.3. The Hall–Kier alpha value is -4.05. The highest BCUT2D eigenvalue weighted by Crippen LogP contribution is 2.51. The first-order valence-corrected chi connectivity index (χ1v) is 11.7. The van der Waals surface area contributed by atoms with Crippen LogP contribution >= 0.6 is 0 Å². The summed E-state index contributed by atoms with van der Waals surface area (Å²) in [6.45, 7) is -1.89. The van der Waals surface area contributed by atoms with Crippen LogP contribution in [0.2, 0.25) is 0 Å². The predicted molar refractivity (Wildman–Crippen MR) is 123 cm³/mol. The van der Waals surface area contributed by atoms with E-state index in [1.807, 2.05) is 30.5 Å². The summed E-state index contributed by atoms with van der Waals surface area (Å²) in [6.07, 6.45) is 4.10. The zero-order valence-electron chi connectivity index (χ0n) is 18.9. The number of carbonyl (C=O) groups is 1. The van der Waals surface area contributed by atoms with E-state index < -0.39 is 6.61 Å². The second-order valence-corrected chi connectivity index (χ2v) is 9.11. The largest absolute Gasteiger partial charge is 0.469 e. The van der Waals surface area contributed by atoms with Gasteiger partial charge >= 0.3 is 6.61 Å². The van der Waals surface area contributed by atoms with E-state index >= 15 is 0 Å². The van der Waals surface area contributed by atoms with Gasteiger partial charge in [0.2, 0.25) is 5.88 Å². The van der Waals surface area contributed by atoms with Crippen molar-refractivity contribution in [1.82, 2.24) is 19.9 Å². The van der Waals surface area contributed by atoms with Crippen LogP contribution in [-0.4, -0.2) is 46.4 Å². The number of nitrogens with zero attached hydrogens (tertiary/aromatic N) is 3. The van der Waals surface area contributed by atoms with Gasteiger partial charge in [0.1, 0.15) is 11.9 Å². The molecule has 0 unspecified atom stereocenters. The molecule has 2 aliphatic heterocycles. The summed E-state index contributed by atoms with van der Waals surface area (Å²) in [7, 11) is 0. The van der Waals surface area contributed by atoms with E-state index in [9.17, 15) is 13.6 Å². The average molecular weight is 490 g/mol. The molecule has 1 amide bonds. The summed E-state index contributed by atoms with van der Waals surface area (Å²) in [5.74, 6) is -0.0990. The lowest BCUT2D eigenvalue weighted by molar-refractivity contribution is -0.0813. The number of benzene rings is 1. The molecule has 2 bridgehead atoms. The minimum atomic E-state index is -3.00. The van der Waals surface area contributed by atoms with E-state index in [1.165, 1.54) is 6.07 Å². The standard InChI is InChI=1S/C26H20F2N4O4/c27-26(28)36-20-3-1-2-16-22(20)17-10-18(30-25(16)33)24-23(17)19-8-14(5-7-32(19)31-24)13-4-6-29-21(9-13)35-15-11-34-12-15/h1-9,15,17-18,26H,10-12H2,(H,30,33)/t17-,18-/m1/s1. The van der Waals surface area contributed by atoms with E-state index in [0.717, 1.165) is 27.9 Å². The molecule has 36 heavy (non-hydrogen) atoms. The van der Waals surface area contributed by atoms with Crippen LogP contribution in [0.25, 0.3) is 16.6 Å². The van der Waals surface area contributed by atoms with Crippen LogP contribution < -0.4 is 14.8 Å². The van der Waals surface area contributed by atoms with Crippen LogP contribution in [0.15, 0.2) is 54.9 Å². The molecule has 8 nitrogen and oxygen atoms in total. The number of nitrogens with one attached hydrogen (secondary N) is 1. The van der Waals surface area contributed by atoms with Crippen LogP contribution in [-0.2, 0) is 4.74 Å². The molecule has 1 aromatic carbocycles. The molecule has 1 fully saturated rings. The molecule has 3 aliphatic rings. The van der Waals surface area contributed by atoms with Crippen LogP contribution in [0, 0.1) is 0 Å². The summed E-state index contributed by atoms with van der Waals surface area (Å²) in [5, 5.41) is 7.76. The molecule has 1 N–H and O–H groups in total. The molecule has 5 heterocycles. The molecule has 182 valence electrons. The van der Waals surface area contributed by atoms with Gasteiger partial charge in [-0.15, -0.1) is 0 Å². The molecular weight excluding hydrogens is 470 g/mol. The number of aromatic nitrogens is 3. The average Bonchev–Trinajstić information content (AvgIpc) is 3.33. The molecule has 3 aromatic heterocycles. The topological polar surface area (TPSA) is 87.0 Å². The van der Waals surface area contributed by atoms with E-state index in [2.05, 4.69) is 10.3 Å². The number of hydrogen-bond donors (Lipinski definition) is 1. The lowest BCUT2D eigenvalue weighted by Gasteiger charge is -2.26. The molecule has 0 saturated carbocycles. The van der Waals surface area contributed by atoms with Crippen molar-refractivity contribution < 1.29 is 27.8 Å². The van der Waals surface area contributed by atoms with Gasteiger partial charge in [-0.05, 0) is 47.9 Å².